The number of alkyl halides is 1. The van der Waals surface area contributed by atoms with Gasteiger partial charge in [-0.1, -0.05) is 0 Å². The summed E-state index contributed by atoms with van der Waals surface area (Å²) < 4.78 is 25.0. The van der Waals surface area contributed by atoms with Gasteiger partial charge in [-0.25, -0.2) is 0 Å². The normalized spacial score (nSPS) is 31.6. The smallest absolute Gasteiger partial charge is 0.309 e. The summed E-state index contributed by atoms with van der Waals surface area (Å²) in [5.74, 6) is -0.887. The van der Waals surface area contributed by atoms with Gasteiger partial charge in [0.25, 0.3) is 5.91 Å². The van der Waals surface area contributed by atoms with Gasteiger partial charge in [0.1, 0.15) is 17.6 Å². The van der Waals surface area contributed by atoms with Crippen LogP contribution in [0.25, 0.3) is 0 Å². The van der Waals surface area contributed by atoms with E-state index < -0.39 is 29.4 Å². The summed E-state index contributed by atoms with van der Waals surface area (Å²) in [6.45, 7) is 1.62. The molecule has 0 heterocycles. The first-order valence-corrected chi connectivity index (χ1v) is 14.3. The number of carboxylic acid groups (broad SMARTS) is 1. The number of benzene rings is 1. The SMILES string of the molecule is COc1cc(C#N)c(OC2CCC(C)(C(=O)O)CC2)cc1C(=O)N[C@@H]1[C@H]2CC[C@H](C2)[C@@H]1C(=O)NCC1(CF)CC1. The number of carbonyl (C=O) groups is 3. The highest BCUT2D eigenvalue weighted by Crippen LogP contribution is 2.50. The van der Waals surface area contributed by atoms with E-state index in [1.165, 1.54) is 19.2 Å². The lowest BCUT2D eigenvalue weighted by Gasteiger charge is -2.34. The number of ether oxygens (including phenoxy) is 2. The minimum absolute atomic E-state index is 0.126. The van der Waals surface area contributed by atoms with E-state index in [-0.39, 0.29) is 58.4 Å². The van der Waals surface area contributed by atoms with Crippen molar-refractivity contribution < 1.29 is 33.4 Å². The van der Waals surface area contributed by atoms with Crippen LogP contribution in [0.5, 0.6) is 11.5 Å². The molecule has 4 atom stereocenters. The summed E-state index contributed by atoms with van der Waals surface area (Å²) in [5, 5.41) is 25.3. The molecule has 216 valence electrons. The van der Waals surface area contributed by atoms with E-state index in [0.717, 1.165) is 32.1 Å². The summed E-state index contributed by atoms with van der Waals surface area (Å²) in [5.41, 5.74) is -0.779. The quantitative estimate of drug-likeness (QED) is 0.397. The van der Waals surface area contributed by atoms with Gasteiger partial charge in [0.05, 0.1) is 42.3 Å². The van der Waals surface area contributed by atoms with Crippen molar-refractivity contribution >= 4 is 17.8 Å². The number of nitriles is 1. The summed E-state index contributed by atoms with van der Waals surface area (Å²) in [6.07, 6.45) is 5.98. The first-order valence-electron chi connectivity index (χ1n) is 14.3. The Balaban J connectivity index is 1.31. The van der Waals surface area contributed by atoms with Crippen molar-refractivity contribution in [3.63, 3.8) is 0 Å². The standard InChI is InChI=1S/C30H38FN3O6/c1-29(28(37)38)7-5-20(6-8-29)40-22-13-21(23(39-2)12-19(22)14-32)26(35)34-25-18-4-3-17(11-18)24(25)27(36)33-16-30(15-31)9-10-30/h12-13,17-18,20,24-25H,3-11,15-16H2,1-2H3,(H,33,36)(H,34,35)(H,37,38)/t17-,18+,20?,24+,25-,29?/m1/s1. The zero-order valence-corrected chi connectivity index (χ0v) is 23.1. The Morgan fingerprint density at radius 1 is 1.10 bits per heavy atom. The van der Waals surface area contributed by atoms with Crippen LogP contribution < -0.4 is 20.1 Å². The van der Waals surface area contributed by atoms with Crippen LogP contribution in [-0.2, 0) is 9.59 Å². The van der Waals surface area contributed by atoms with E-state index in [2.05, 4.69) is 16.7 Å². The number of nitrogens with zero attached hydrogens (tertiary/aromatic N) is 1. The van der Waals surface area contributed by atoms with Crippen molar-refractivity contribution in [1.82, 2.24) is 10.6 Å². The largest absolute Gasteiger partial charge is 0.496 e. The monoisotopic (exact) mass is 555 g/mol. The number of amides is 2. The molecule has 10 heteroatoms. The Morgan fingerprint density at radius 2 is 1.80 bits per heavy atom. The fourth-order valence-electron chi connectivity index (χ4n) is 6.86. The third-order valence-electron chi connectivity index (χ3n) is 9.91. The molecule has 2 bridgehead atoms. The molecule has 0 saturated heterocycles. The Kier molecular flexibility index (Phi) is 7.68. The fraction of sp³-hybridized carbons (Fsp3) is 0.667. The molecule has 40 heavy (non-hydrogen) atoms. The van der Waals surface area contributed by atoms with Gasteiger partial charge in [-0.2, -0.15) is 5.26 Å². The van der Waals surface area contributed by atoms with Crippen molar-refractivity contribution in [1.29, 1.82) is 5.26 Å². The molecule has 0 aliphatic heterocycles. The second kappa shape index (κ2) is 10.9. The van der Waals surface area contributed by atoms with Crippen molar-refractivity contribution in [2.45, 2.75) is 76.9 Å². The molecular weight excluding hydrogens is 517 g/mol. The van der Waals surface area contributed by atoms with Gasteiger partial charge in [-0.3, -0.25) is 18.8 Å². The molecular formula is C30H38FN3O6. The number of fused-ring (bicyclic) bond motifs is 2. The second-order valence-corrected chi connectivity index (χ2v) is 12.6. The van der Waals surface area contributed by atoms with Crippen molar-refractivity contribution in [2.24, 2.45) is 28.6 Å². The average molecular weight is 556 g/mol. The lowest BCUT2D eigenvalue weighted by Crippen LogP contribution is -2.50. The van der Waals surface area contributed by atoms with E-state index in [4.69, 9.17) is 9.47 Å². The highest BCUT2D eigenvalue weighted by atomic mass is 19.1. The minimum atomic E-state index is -0.825. The van der Waals surface area contributed by atoms with Crippen LogP contribution in [0.2, 0.25) is 0 Å². The molecule has 1 aromatic carbocycles. The van der Waals surface area contributed by atoms with E-state index in [0.29, 0.717) is 32.2 Å². The Hall–Kier alpha value is -3.35. The number of nitrogens with one attached hydrogen (secondary N) is 2. The summed E-state index contributed by atoms with van der Waals surface area (Å²) >= 11 is 0. The van der Waals surface area contributed by atoms with Gasteiger partial charge < -0.3 is 25.2 Å². The number of halogens is 1. The second-order valence-electron chi connectivity index (χ2n) is 12.6. The summed E-state index contributed by atoms with van der Waals surface area (Å²) in [4.78, 5) is 38.4. The zero-order chi connectivity index (χ0) is 28.7. The van der Waals surface area contributed by atoms with E-state index >= 15 is 0 Å². The van der Waals surface area contributed by atoms with Crippen LogP contribution >= 0.6 is 0 Å². The number of rotatable bonds is 10. The topological polar surface area (TPSA) is 138 Å². The van der Waals surface area contributed by atoms with Gasteiger partial charge in [0, 0.05) is 24.1 Å². The molecule has 0 radical (unpaired) electrons. The predicted molar refractivity (Wildman–Crippen MR) is 143 cm³/mol. The summed E-state index contributed by atoms with van der Waals surface area (Å²) in [7, 11) is 1.42. The number of hydrogen-bond donors (Lipinski definition) is 3. The maximum atomic E-state index is 13.6. The van der Waals surface area contributed by atoms with Crippen LogP contribution in [0.15, 0.2) is 12.1 Å². The minimum Gasteiger partial charge on any atom is -0.496 e. The molecule has 2 amide bonds. The first kappa shape index (κ1) is 28.2. The number of hydrogen-bond acceptors (Lipinski definition) is 6. The van der Waals surface area contributed by atoms with E-state index in [9.17, 15) is 29.1 Å². The molecule has 4 aliphatic rings. The number of carboxylic acids is 1. The molecule has 0 spiro atoms. The van der Waals surface area contributed by atoms with E-state index in [1.807, 2.05) is 0 Å². The zero-order valence-electron chi connectivity index (χ0n) is 23.1. The third-order valence-corrected chi connectivity index (χ3v) is 9.91. The van der Waals surface area contributed by atoms with Crippen LogP contribution in [0.3, 0.4) is 0 Å². The average Bonchev–Trinajstić information content (AvgIpc) is 3.46. The van der Waals surface area contributed by atoms with Crippen molar-refractivity contribution in [2.75, 3.05) is 20.3 Å². The molecule has 9 nitrogen and oxygen atoms in total. The van der Waals surface area contributed by atoms with Gasteiger partial charge in [0.2, 0.25) is 5.91 Å². The maximum absolute atomic E-state index is 13.6. The van der Waals surface area contributed by atoms with Crippen LogP contribution in [0.4, 0.5) is 4.39 Å². The molecule has 3 N–H and O–H groups in total. The van der Waals surface area contributed by atoms with Crippen molar-refractivity contribution in [3.8, 4) is 17.6 Å². The molecule has 4 fully saturated rings. The van der Waals surface area contributed by atoms with Gasteiger partial charge in [-0.05, 0) is 82.6 Å². The number of aliphatic carboxylic acids is 1. The Morgan fingerprint density at radius 3 is 2.40 bits per heavy atom. The lowest BCUT2D eigenvalue weighted by molar-refractivity contribution is -0.150. The number of carbonyl (C=O) groups excluding carboxylic acids is 2. The third kappa shape index (κ3) is 5.35. The highest BCUT2D eigenvalue weighted by Gasteiger charge is 2.52. The molecule has 4 saturated carbocycles. The van der Waals surface area contributed by atoms with Gasteiger partial charge in [-0.15, -0.1) is 0 Å². The fourth-order valence-corrected chi connectivity index (χ4v) is 6.86. The highest BCUT2D eigenvalue weighted by molar-refractivity contribution is 5.98. The molecule has 5 rings (SSSR count). The van der Waals surface area contributed by atoms with Crippen LogP contribution in [-0.4, -0.2) is 55.4 Å². The Labute approximate surface area is 233 Å². The molecule has 0 aromatic heterocycles. The van der Waals surface area contributed by atoms with Gasteiger partial charge in [0.15, 0.2) is 0 Å². The molecule has 0 unspecified atom stereocenters. The Bertz CT molecular complexity index is 1220. The molecule has 1 aromatic rings. The summed E-state index contributed by atoms with van der Waals surface area (Å²) in [6, 6.07) is 4.75. The van der Waals surface area contributed by atoms with E-state index in [1.54, 1.807) is 6.92 Å². The first-order chi connectivity index (χ1) is 19.1. The molecule has 4 aliphatic carbocycles. The lowest BCUT2D eigenvalue weighted by atomic mass is 9.75. The van der Waals surface area contributed by atoms with Crippen LogP contribution in [0, 0.1) is 39.9 Å². The number of methoxy groups -OCH3 is 1. The predicted octanol–water partition coefficient (Wildman–Crippen LogP) is 3.99. The van der Waals surface area contributed by atoms with Crippen LogP contribution in [0.1, 0.15) is 80.6 Å². The van der Waals surface area contributed by atoms with Crippen molar-refractivity contribution in [3.05, 3.63) is 23.3 Å². The maximum Gasteiger partial charge on any atom is 0.309 e. The van der Waals surface area contributed by atoms with Gasteiger partial charge >= 0.3 is 5.97 Å².